The molecule has 0 atom stereocenters. The highest BCUT2D eigenvalue weighted by molar-refractivity contribution is 6.35. The molecule has 182 valence electrons. The highest BCUT2D eigenvalue weighted by Crippen LogP contribution is 2.33. The van der Waals surface area contributed by atoms with Crippen molar-refractivity contribution in [1.29, 1.82) is 0 Å². The summed E-state index contributed by atoms with van der Waals surface area (Å²) in [6.07, 6.45) is 1.35. The summed E-state index contributed by atoms with van der Waals surface area (Å²) in [5, 5.41) is 16.5. The third-order valence-corrected chi connectivity index (χ3v) is 6.77. The summed E-state index contributed by atoms with van der Waals surface area (Å²) in [7, 11) is 0. The molecule has 10 heteroatoms. The van der Waals surface area contributed by atoms with E-state index < -0.39 is 0 Å². The van der Waals surface area contributed by atoms with Crippen molar-refractivity contribution in [3.63, 3.8) is 0 Å². The summed E-state index contributed by atoms with van der Waals surface area (Å²) in [6.45, 7) is 1.97. The molecule has 37 heavy (non-hydrogen) atoms. The molecule has 6 rings (SSSR count). The molecule has 0 saturated carbocycles. The van der Waals surface area contributed by atoms with Crippen LogP contribution in [0.4, 0.5) is 0 Å². The van der Waals surface area contributed by atoms with Crippen molar-refractivity contribution in [2.45, 2.75) is 13.5 Å². The molecule has 3 aromatic heterocycles. The molecule has 8 nitrogen and oxygen atoms in total. The van der Waals surface area contributed by atoms with Crippen LogP contribution in [0.5, 0.6) is 5.75 Å². The number of aromatic nitrogens is 6. The fourth-order valence-corrected chi connectivity index (χ4v) is 4.94. The van der Waals surface area contributed by atoms with E-state index in [1.165, 1.54) is 10.9 Å². The van der Waals surface area contributed by atoms with Crippen molar-refractivity contribution in [2.24, 2.45) is 0 Å². The van der Waals surface area contributed by atoms with E-state index in [1.807, 2.05) is 37.3 Å². The molecule has 6 aromatic rings. The topological polar surface area (TPSA) is 98.7 Å². The SMILES string of the molecule is Cc1cccc2nc(Cn3nc(-c4cccc(O)c4)c4c(Cl)ncnc43)n(-c3ccccc3Cl)c(=O)c12. The van der Waals surface area contributed by atoms with Crippen LogP contribution in [0.25, 0.3) is 38.9 Å². The van der Waals surface area contributed by atoms with Crippen LogP contribution in [0, 0.1) is 6.92 Å². The van der Waals surface area contributed by atoms with E-state index >= 15 is 0 Å². The van der Waals surface area contributed by atoms with Crippen molar-refractivity contribution < 1.29 is 5.11 Å². The van der Waals surface area contributed by atoms with E-state index in [2.05, 4.69) is 9.97 Å². The van der Waals surface area contributed by atoms with Crippen molar-refractivity contribution in [1.82, 2.24) is 29.3 Å². The summed E-state index contributed by atoms with van der Waals surface area (Å²) in [5.41, 5.74) is 3.27. The standard InChI is InChI=1S/C27H18Cl2N6O2/c1-15-6-4-10-19-22(15)27(37)35(20-11-3-2-9-18(20)28)21(32-19)13-34-26-23(25(29)30-14-31-26)24(33-34)16-7-5-8-17(36)12-16/h2-12,14,36H,13H2,1H3. The first-order valence-electron chi connectivity index (χ1n) is 11.3. The average molecular weight is 529 g/mol. The maximum Gasteiger partial charge on any atom is 0.266 e. The number of fused-ring (bicyclic) bond motifs is 2. The lowest BCUT2D eigenvalue weighted by Crippen LogP contribution is -2.26. The molecule has 0 aliphatic carbocycles. The van der Waals surface area contributed by atoms with Crippen molar-refractivity contribution in [2.75, 3.05) is 0 Å². The summed E-state index contributed by atoms with van der Waals surface area (Å²) in [5.74, 6) is 0.505. The number of benzene rings is 3. The molecule has 0 radical (unpaired) electrons. The van der Waals surface area contributed by atoms with Gasteiger partial charge >= 0.3 is 0 Å². The minimum absolute atomic E-state index is 0.0901. The van der Waals surface area contributed by atoms with Crippen molar-refractivity contribution >= 4 is 45.1 Å². The summed E-state index contributed by atoms with van der Waals surface area (Å²) in [6, 6.07) is 19.4. The first-order chi connectivity index (χ1) is 17.9. The number of aryl methyl sites for hydroxylation is 1. The number of hydrogen-bond acceptors (Lipinski definition) is 6. The molecular formula is C27H18Cl2N6O2. The molecule has 3 heterocycles. The predicted octanol–water partition coefficient (Wildman–Crippen LogP) is 5.56. The van der Waals surface area contributed by atoms with Gasteiger partial charge in [0.15, 0.2) is 5.65 Å². The Balaban J connectivity index is 1.63. The van der Waals surface area contributed by atoms with E-state index in [0.717, 1.165) is 5.56 Å². The summed E-state index contributed by atoms with van der Waals surface area (Å²) < 4.78 is 3.14. The van der Waals surface area contributed by atoms with Gasteiger partial charge in [0.2, 0.25) is 0 Å². The van der Waals surface area contributed by atoms with Gasteiger partial charge in [-0.25, -0.2) is 19.6 Å². The van der Waals surface area contributed by atoms with Gasteiger partial charge in [0.25, 0.3) is 5.56 Å². The zero-order valence-corrected chi connectivity index (χ0v) is 20.9. The molecule has 0 aliphatic rings. The van der Waals surface area contributed by atoms with Gasteiger partial charge in [0, 0.05) is 5.56 Å². The largest absolute Gasteiger partial charge is 0.508 e. The predicted molar refractivity (Wildman–Crippen MR) is 144 cm³/mol. The average Bonchev–Trinajstić information content (AvgIpc) is 3.25. The lowest BCUT2D eigenvalue weighted by Gasteiger charge is -2.16. The molecule has 0 unspecified atom stereocenters. The van der Waals surface area contributed by atoms with Crippen LogP contribution in [-0.2, 0) is 6.54 Å². The van der Waals surface area contributed by atoms with Crippen LogP contribution in [0.1, 0.15) is 11.4 Å². The van der Waals surface area contributed by atoms with Gasteiger partial charge in [0.1, 0.15) is 35.3 Å². The number of phenolic OH excluding ortho intramolecular Hbond substituents is 1. The Morgan fingerprint density at radius 2 is 1.76 bits per heavy atom. The van der Waals surface area contributed by atoms with Gasteiger partial charge in [-0.2, -0.15) is 5.10 Å². The number of rotatable bonds is 4. The van der Waals surface area contributed by atoms with Crippen LogP contribution < -0.4 is 5.56 Å². The van der Waals surface area contributed by atoms with Gasteiger partial charge in [-0.05, 0) is 42.8 Å². The highest BCUT2D eigenvalue weighted by atomic mass is 35.5. The van der Waals surface area contributed by atoms with Crippen molar-refractivity contribution in [3.05, 3.63) is 105 Å². The maximum atomic E-state index is 13.9. The fourth-order valence-electron chi connectivity index (χ4n) is 4.50. The number of para-hydroxylation sites is 1. The smallest absolute Gasteiger partial charge is 0.266 e. The monoisotopic (exact) mass is 528 g/mol. The lowest BCUT2D eigenvalue weighted by atomic mass is 10.1. The highest BCUT2D eigenvalue weighted by Gasteiger charge is 2.21. The quantitative estimate of drug-likeness (QED) is 0.300. The molecule has 0 spiro atoms. The van der Waals surface area contributed by atoms with Gasteiger partial charge < -0.3 is 5.11 Å². The second-order valence-electron chi connectivity index (χ2n) is 8.51. The van der Waals surface area contributed by atoms with Crippen LogP contribution in [-0.4, -0.2) is 34.4 Å². The van der Waals surface area contributed by atoms with Crippen LogP contribution >= 0.6 is 23.2 Å². The Morgan fingerprint density at radius 1 is 0.946 bits per heavy atom. The Hall–Kier alpha value is -4.27. The van der Waals surface area contributed by atoms with Gasteiger partial charge in [-0.15, -0.1) is 0 Å². The second kappa shape index (κ2) is 8.99. The minimum atomic E-state index is -0.233. The van der Waals surface area contributed by atoms with Gasteiger partial charge in [-0.3, -0.25) is 9.36 Å². The van der Waals surface area contributed by atoms with Gasteiger partial charge in [0.05, 0.1) is 27.0 Å². The number of phenols is 1. The number of nitrogens with zero attached hydrogens (tertiary/aromatic N) is 6. The molecule has 3 aromatic carbocycles. The number of aromatic hydroxyl groups is 1. The Kier molecular flexibility index (Phi) is 5.62. The zero-order valence-electron chi connectivity index (χ0n) is 19.4. The Morgan fingerprint density at radius 3 is 2.57 bits per heavy atom. The minimum Gasteiger partial charge on any atom is -0.508 e. The Labute approximate surface area is 220 Å². The molecule has 1 N–H and O–H groups in total. The third-order valence-electron chi connectivity index (χ3n) is 6.16. The van der Waals surface area contributed by atoms with Crippen LogP contribution in [0.3, 0.4) is 0 Å². The van der Waals surface area contributed by atoms with E-state index in [9.17, 15) is 9.90 Å². The van der Waals surface area contributed by atoms with E-state index in [-0.39, 0.29) is 23.0 Å². The Bertz CT molecular complexity index is 1900. The van der Waals surface area contributed by atoms with E-state index in [0.29, 0.717) is 49.7 Å². The zero-order chi connectivity index (χ0) is 25.7. The summed E-state index contributed by atoms with van der Waals surface area (Å²) >= 11 is 13.0. The fraction of sp³-hybridized carbons (Fsp3) is 0.0741. The molecular weight excluding hydrogens is 511 g/mol. The lowest BCUT2D eigenvalue weighted by molar-refractivity contribution is 0.475. The number of hydrogen-bond donors (Lipinski definition) is 1. The molecule has 0 saturated heterocycles. The van der Waals surface area contributed by atoms with Crippen molar-refractivity contribution in [3.8, 4) is 22.7 Å². The van der Waals surface area contributed by atoms with Crippen LogP contribution in [0.2, 0.25) is 10.2 Å². The van der Waals surface area contributed by atoms with Crippen LogP contribution in [0.15, 0.2) is 77.9 Å². The normalized spacial score (nSPS) is 11.4. The number of halogens is 2. The molecule has 0 bridgehead atoms. The summed E-state index contributed by atoms with van der Waals surface area (Å²) in [4.78, 5) is 27.3. The molecule has 0 fully saturated rings. The molecule has 0 amide bonds. The first kappa shape index (κ1) is 23.1. The van der Waals surface area contributed by atoms with E-state index in [4.69, 9.17) is 33.3 Å². The van der Waals surface area contributed by atoms with E-state index in [1.54, 1.807) is 41.1 Å². The maximum absolute atomic E-state index is 13.9. The first-order valence-corrected chi connectivity index (χ1v) is 12.1. The molecule has 0 aliphatic heterocycles. The third kappa shape index (κ3) is 3.91. The second-order valence-corrected chi connectivity index (χ2v) is 9.27. The van der Waals surface area contributed by atoms with Gasteiger partial charge in [-0.1, -0.05) is 59.6 Å².